The molecule has 1 saturated heterocycles. The summed E-state index contributed by atoms with van der Waals surface area (Å²) in [5.74, 6) is 0.199. The molecule has 0 bridgehead atoms. The molecule has 3 atom stereocenters. The number of nitrogens with zero attached hydrogens (tertiary/aromatic N) is 1. The molecule has 142 valence electrons. The van der Waals surface area contributed by atoms with Gasteiger partial charge in [-0.25, -0.2) is 4.79 Å². The van der Waals surface area contributed by atoms with E-state index in [0.717, 1.165) is 37.1 Å². The van der Waals surface area contributed by atoms with Gasteiger partial charge in [-0.3, -0.25) is 4.79 Å². The maximum absolute atomic E-state index is 12.1. The van der Waals surface area contributed by atoms with Gasteiger partial charge >= 0.3 is 5.97 Å². The third-order valence-corrected chi connectivity index (χ3v) is 6.04. The van der Waals surface area contributed by atoms with Crippen molar-refractivity contribution in [3.05, 3.63) is 51.8 Å². The summed E-state index contributed by atoms with van der Waals surface area (Å²) in [6, 6.07) is 10.0. The number of nitrogens with one attached hydrogen (secondary N) is 1. The number of rotatable bonds is 4. The minimum absolute atomic E-state index is 0.214. The quantitative estimate of drug-likeness (QED) is 0.771. The highest BCUT2D eigenvalue weighted by Crippen LogP contribution is 2.39. The normalized spacial score (nSPS) is 24.2. The van der Waals surface area contributed by atoms with Crippen LogP contribution in [0.3, 0.4) is 0 Å². The predicted octanol–water partition coefficient (Wildman–Crippen LogP) is 2.48. The molecule has 0 spiro atoms. The Bertz CT molecular complexity index is 905. The number of benzene rings is 1. The van der Waals surface area contributed by atoms with E-state index in [2.05, 4.69) is 22.0 Å². The van der Waals surface area contributed by atoms with Gasteiger partial charge in [0.2, 0.25) is 0 Å². The molecule has 2 heterocycles. The highest BCUT2D eigenvalue weighted by atomic mass is 16.4. The van der Waals surface area contributed by atoms with E-state index in [1.54, 1.807) is 0 Å². The second-order valence-electron chi connectivity index (χ2n) is 7.77. The maximum atomic E-state index is 12.1. The number of anilines is 1. The Morgan fingerprint density at radius 2 is 1.85 bits per heavy atom. The Morgan fingerprint density at radius 3 is 2.41 bits per heavy atom. The first-order valence-corrected chi connectivity index (χ1v) is 9.56. The molecule has 1 aromatic heterocycles. The number of hydrogen-bond donors (Lipinski definition) is 3. The molecule has 2 aliphatic rings. The van der Waals surface area contributed by atoms with Crippen molar-refractivity contribution in [3.8, 4) is 11.3 Å². The average molecular weight is 367 g/mol. The molecule has 1 unspecified atom stereocenters. The number of H-pyrrole nitrogens is 1. The van der Waals surface area contributed by atoms with Crippen LogP contribution >= 0.6 is 0 Å². The van der Waals surface area contributed by atoms with Crippen molar-refractivity contribution in [1.29, 1.82) is 0 Å². The van der Waals surface area contributed by atoms with Gasteiger partial charge in [0.1, 0.15) is 5.56 Å². The van der Waals surface area contributed by atoms with Crippen molar-refractivity contribution >= 4 is 11.7 Å². The van der Waals surface area contributed by atoms with Gasteiger partial charge in [0, 0.05) is 24.8 Å². The van der Waals surface area contributed by atoms with Gasteiger partial charge in [-0.15, -0.1) is 0 Å². The Labute approximate surface area is 158 Å². The number of carboxylic acid groups (broad SMARTS) is 1. The maximum Gasteiger partial charge on any atom is 0.341 e. The number of carboxylic acids is 1. The van der Waals surface area contributed by atoms with E-state index in [1.807, 2.05) is 19.1 Å². The number of carbonyl (C=O) groups is 1. The molecular formula is C21H25N3O3. The number of aryl methyl sites for hydroxylation is 1. The van der Waals surface area contributed by atoms with Crippen molar-refractivity contribution in [1.82, 2.24) is 4.98 Å². The summed E-state index contributed by atoms with van der Waals surface area (Å²) in [6.45, 7) is 4.06. The van der Waals surface area contributed by atoms with Crippen LogP contribution in [-0.4, -0.2) is 35.2 Å². The molecule has 4 rings (SSSR count). The van der Waals surface area contributed by atoms with Gasteiger partial charge in [0.25, 0.3) is 5.56 Å². The van der Waals surface area contributed by atoms with Crippen molar-refractivity contribution in [2.75, 3.05) is 18.0 Å². The fourth-order valence-corrected chi connectivity index (χ4v) is 4.66. The second kappa shape index (κ2) is 6.85. The first-order valence-electron chi connectivity index (χ1n) is 9.56. The third kappa shape index (κ3) is 3.25. The monoisotopic (exact) mass is 367 g/mol. The molecule has 1 aliphatic carbocycles. The largest absolute Gasteiger partial charge is 0.477 e. The van der Waals surface area contributed by atoms with Gasteiger partial charge in [-0.05, 0) is 60.4 Å². The lowest BCUT2D eigenvalue weighted by Crippen LogP contribution is -2.25. The van der Waals surface area contributed by atoms with Gasteiger partial charge in [-0.2, -0.15) is 0 Å². The highest BCUT2D eigenvalue weighted by molar-refractivity contribution is 5.88. The second-order valence-corrected chi connectivity index (χ2v) is 7.77. The van der Waals surface area contributed by atoms with Gasteiger partial charge < -0.3 is 20.7 Å². The first-order chi connectivity index (χ1) is 13.0. The molecule has 27 heavy (non-hydrogen) atoms. The molecule has 0 amide bonds. The summed E-state index contributed by atoms with van der Waals surface area (Å²) in [5, 5.41) is 9.16. The van der Waals surface area contributed by atoms with E-state index in [1.165, 1.54) is 11.8 Å². The Morgan fingerprint density at radius 1 is 1.22 bits per heavy atom. The molecule has 1 saturated carbocycles. The summed E-state index contributed by atoms with van der Waals surface area (Å²) in [7, 11) is 0. The Kier molecular flexibility index (Phi) is 4.52. The van der Waals surface area contributed by atoms with E-state index in [-0.39, 0.29) is 5.56 Å². The lowest BCUT2D eigenvalue weighted by molar-refractivity contribution is 0.0695. The fraction of sp³-hybridized carbons (Fsp3) is 0.429. The van der Waals surface area contributed by atoms with Crippen molar-refractivity contribution < 1.29 is 9.90 Å². The van der Waals surface area contributed by atoms with Crippen LogP contribution in [0.4, 0.5) is 5.69 Å². The van der Waals surface area contributed by atoms with Gasteiger partial charge in [-0.1, -0.05) is 19.1 Å². The van der Waals surface area contributed by atoms with E-state index in [0.29, 0.717) is 30.0 Å². The fourth-order valence-electron chi connectivity index (χ4n) is 4.66. The van der Waals surface area contributed by atoms with Gasteiger partial charge in [0.15, 0.2) is 0 Å². The van der Waals surface area contributed by atoms with Gasteiger partial charge in [0.05, 0.1) is 5.69 Å². The zero-order chi connectivity index (χ0) is 19.1. The molecule has 1 aliphatic heterocycles. The number of aromatic carboxylic acids is 1. The number of aromatic nitrogens is 1. The lowest BCUT2D eigenvalue weighted by atomic mass is 10.0. The Hall–Kier alpha value is -2.60. The number of fused-ring (bicyclic) bond motifs is 1. The van der Waals surface area contributed by atoms with Crippen molar-refractivity contribution in [2.24, 2.45) is 17.6 Å². The minimum atomic E-state index is -1.20. The summed E-state index contributed by atoms with van der Waals surface area (Å²) in [6.07, 6.45) is 2.89. The van der Waals surface area contributed by atoms with Crippen LogP contribution in [0.15, 0.2) is 35.1 Å². The van der Waals surface area contributed by atoms with Crippen LogP contribution in [0.5, 0.6) is 0 Å². The van der Waals surface area contributed by atoms with Crippen LogP contribution in [0.1, 0.15) is 35.7 Å². The SMILES string of the molecule is CCc1cc(C(=O)O)c(=O)[nH]c1-c1ccc(N2C[C@H]3CC(N)C[C@H]3C2)cc1. The van der Waals surface area contributed by atoms with E-state index >= 15 is 0 Å². The molecule has 2 fully saturated rings. The summed E-state index contributed by atoms with van der Waals surface area (Å²) < 4.78 is 0. The zero-order valence-electron chi connectivity index (χ0n) is 15.4. The lowest BCUT2D eigenvalue weighted by Gasteiger charge is -2.21. The highest BCUT2D eigenvalue weighted by Gasteiger charge is 2.39. The van der Waals surface area contributed by atoms with Crippen LogP contribution in [-0.2, 0) is 6.42 Å². The Balaban J connectivity index is 1.59. The summed E-state index contributed by atoms with van der Waals surface area (Å²) in [4.78, 5) is 28.5. The zero-order valence-corrected chi connectivity index (χ0v) is 15.4. The number of hydrogen-bond acceptors (Lipinski definition) is 4. The number of aromatic amines is 1. The van der Waals surface area contributed by atoms with Crippen LogP contribution in [0, 0.1) is 11.8 Å². The standard InChI is InChI=1S/C21H25N3O3/c1-2-12-9-18(21(26)27)20(25)23-19(12)13-3-5-17(6-4-13)24-10-14-7-16(22)8-15(14)11-24/h3-6,9,14-16H,2,7-8,10-11,22H2,1H3,(H,23,25)(H,26,27)/t14-,15+,16?. The molecule has 1 aromatic carbocycles. The van der Waals surface area contributed by atoms with E-state index in [4.69, 9.17) is 10.8 Å². The molecule has 4 N–H and O–H groups in total. The first kappa shape index (κ1) is 17.8. The van der Waals surface area contributed by atoms with Crippen molar-refractivity contribution in [2.45, 2.75) is 32.2 Å². The van der Waals surface area contributed by atoms with E-state index in [9.17, 15) is 9.59 Å². The molecule has 6 heteroatoms. The van der Waals surface area contributed by atoms with Crippen molar-refractivity contribution in [3.63, 3.8) is 0 Å². The summed E-state index contributed by atoms with van der Waals surface area (Å²) in [5.41, 5.74) is 8.90. The molecule has 2 aromatic rings. The molecule has 0 radical (unpaired) electrons. The van der Waals surface area contributed by atoms with Crippen LogP contribution in [0.2, 0.25) is 0 Å². The number of pyridine rings is 1. The minimum Gasteiger partial charge on any atom is -0.477 e. The smallest absolute Gasteiger partial charge is 0.341 e. The topological polar surface area (TPSA) is 99.4 Å². The van der Waals surface area contributed by atoms with Crippen LogP contribution < -0.4 is 16.2 Å². The molecule has 6 nitrogen and oxygen atoms in total. The number of nitrogens with two attached hydrogens (primary N) is 1. The molecular weight excluding hydrogens is 342 g/mol. The predicted molar refractivity (Wildman–Crippen MR) is 105 cm³/mol. The van der Waals surface area contributed by atoms with E-state index < -0.39 is 11.5 Å². The average Bonchev–Trinajstić information content (AvgIpc) is 3.18. The summed E-state index contributed by atoms with van der Waals surface area (Å²) >= 11 is 0. The van der Waals surface area contributed by atoms with Crippen LogP contribution in [0.25, 0.3) is 11.3 Å². The third-order valence-electron chi connectivity index (χ3n) is 6.04.